The Morgan fingerprint density at radius 2 is 1.68 bits per heavy atom. The van der Waals surface area contributed by atoms with Crippen LogP contribution < -0.4 is 5.32 Å². The van der Waals surface area contributed by atoms with Crippen molar-refractivity contribution in [1.82, 2.24) is 5.32 Å². The van der Waals surface area contributed by atoms with Gasteiger partial charge < -0.3 is 10.1 Å². The van der Waals surface area contributed by atoms with E-state index in [-0.39, 0.29) is 12.5 Å². The molecule has 5 heteroatoms. The monoisotopic (exact) mass is 359 g/mol. The highest BCUT2D eigenvalue weighted by molar-refractivity contribution is 6.30. The minimum Gasteiger partial charge on any atom is -0.452 e. The molecule has 0 heterocycles. The highest BCUT2D eigenvalue weighted by atomic mass is 35.5. The molecule has 1 N–H and O–H groups in total. The summed E-state index contributed by atoms with van der Waals surface area (Å²) in [5.41, 5.74) is 2.67. The SMILES string of the molecule is CC(C)c1ccc(C(=O)OCC(=O)NCCc2ccc(Cl)cc2)cc1. The molecular weight excluding hydrogens is 338 g/mol. The summed E-state index contributed by atoms with van der Waals surface area (Å²) in [6.07, 6.45) is 0.688. The molecule has 132 valence electrons. The molecule has 0 spiro atoms. The first-order chi connectivity index (χ1) is 12.0. The zero-order valence-corrected chi connectivity index (χ0v) is 15.2. The van der Waals surface area contributed by atoms with Crippen LogP contribution >= 0.6 is 11.6 Å². The number of hydrogen-bond donors (Lipinski definition) is 1. The second-order valence-electron chi connectivity index (χ2n) is 6.08. The van der Waals surface area contributed by atoms with Crippen molar-refractivity contribution in [3.05, 3.63) is 70.2 Å². The van der Waals surface area contributed by atoms with Gasteiger partial charge in [0.15, 0.2) is 6.61 Å². The number of benzene rings is 2. The van der Waals surface area contributed by atoms with Crippen molar-refractivity contribution in [3.8, 4) is 0 Å². The Morgan fingerprint density at radius 3 is 2.28 bits per heavy atom. The number of ether oxygens (including phenoxy) is 1. The minimum atomic E-state index is -0.497. The van der Waals surface area contributed by atoms with Gasteiger partial charge in [-0.2, -0.15) is 0 Å². The topological polar surface area (TPSA) is 55.4 Å². The van der Waals surface area contributed by atoms with E-state index in [0.717, 1.165) is 11.1 Å². The van der Waals surface area contributed by atoms with Crippen LogP contribution in [0.1, 0.15) is 41.3 Å². The molecule has 4 nitrogen and oxygen atoms in total. The Balaban J connectivity index is 1.71. The summed E-state index contributed by atoms with van der Waals surface area (Å²) in [5, 5.41) is 3.41. The van der Waals surface area contributed by atoms with E-state index >= 15 is 0 Å². The Labute approximate surface area is 153 Å². The highest BCUT2D eigenvalue weighted by Gasteiger charge is 2.10. The van der Waals surface area contributed by atoms with E-state index in [1.54, 1.807) is 12.1 Å². The van der Waals surface area contributed by atoms with Gasteiger partial charge in [0.2, 0.25) is 0 Å². The van der Waals surface area contributed by atoms with E-state index in [4.69, 9.17) is 16.3 Å². The Hall–Kier alpha value is -2.33. The van der Waals surface area contributed by atoms with E-state index in [1.165, 1.54) is 0 Å². The van der Waals surface area contributed by atoms with Crippen molar-refractivity contribution in [2.45, 2.75) is 26.2 Å². The second-order valence-corrected chi connectivity index (χ2v) is 6.52. The molecule has 0 aromatic heterocycles. The van der Waals surface area contributed by atoms with Crippen molar-refractivity contribution >= 4 is 23.5 Å². The lowest BCUT2D eigenvalue weighted by atomic mass is 10.0. The molecule has 0 aliphatic heterocycles. The molecule has 0 saturated heterocycles. The molecule has 0 radical (unpaired) electrons. The van der Waals surface area contributed by atoms with Gasteiger partial charge in [0.1, 0.15) is 0 Å². The van der Waals surface area contributed by atoms with Crippen LogP contribution in [0.5, 0.6) is 0 Å². The van der Waals surface area contributed by atoms with Crippen molar-refractivity contribution < 1.29 is 14.3 Å². The number of amides is 1. The van der Waals surface area contributed by atoms with Crippen LogP contribution in [0.3, 0.4) is 0 Å². The number of carbonyl (C=O) groups is 2. The third kappa shape index (κ3) is 6.24. The zero-order valence-electron chi connectivity index (χ0n) is 14.4. The van der Waals surface area contributed by atoms with Gasteiger partial charge in [-0.3, -0.25) is 4.79 Å². The van der Waals surface area contributed by atoms with Gasteiger partial charge in [-0.1, -0.05) is 49.7 Å². The maximum atomic E-state index is 11.9. The lowest BCUT2D eigenvalue weighted by molar-refractivity contribution is -0.124. The van der Waals surface area contributed by atoms with Gasteiger partial charge in [0, 0.05) is 11.6 Å². The molecule has 0 aliphatic rings. The average molecular weight is 360 g/mol. The van der Waals surface area contributed by atoms with Gasteiger partial charge >= 0.3 is 5.97 Å². The van der Waals surface area contributed by atoms with Crippen molar-refractivity contribution in [2.24, 2.45) is 0 Å². The fourth-order valence-corrected chi connectivity index (χ4v) is 2.39. The third-order valence-corrected chi connectivity index (χ3v) is 4.05. The van der Waals surface area contributed by atoms with Crippen LogP contribution in [0.4, 0.5) is 0 Å². The van der Waals surface area contributed by atoms with Gasteiger partial charge in [0.25, 0.3) is 5.91 Å². The van der Waals surface area contributed by atoms with Gasteiger partial charge in [-0.05, 0) is 47.7 Å². The lowest BCUT2D eigenvalue weighted by Gasteiger charge is -2.08. The summed E-state index contributed by atoms with van der Waals surface area (Å²) in [5.74, 6) is -0.416. The molecule has 0 bridgehead atoms. The summed E-state index contributed by atoms with van der Waals surface area (Å²) in [4.78, 5) is 23.7. The maximum absolute atomic E-state index is 11.9. The van der Waals surface area contributed by atoms with Crippen molar-refractivity contribution in [3.63, 3.8) is 0 Å². The minimum absolute atomic E-state index is 0.286. The van der Waals surface area contributed by atoms with Gasteiger partial charge in [0.05, 0.1) is 5.56 Å². The van der Waals surface area contributed by atoms with E-state index in [2.05, 4.69) is 19.2 Å². The molecule has 2 aromatic carbocycles. The molecule has 0 aliphatic carbocycles. The standard InChI is InChI=1S/C20H22ClNO3/c1-14(2)16-5-7-17(8-6-16)20(24)25-13-19(23)22-12-11-15-3-9-18(21)10-4-15/h3-10,14H,11-13H2,1-2H3,(H,22,23). The summed E-state index contributed by atoms with van der Waals surface area (Å²) in [7, 11) is 0. The van der Waals surface area contributed by atoms with E-state index in [9.17, 15) is 9.59 Å². The average Bonchev–Trinajstić information content (AvgIpc) is 2.61. The molecule has 0 saturated carbocycles. The summed E-state index contributed by atoms with van der Waals surface area (Å²) in [6.45, 7) is 4.36. The fourth-order valence-electron chi connectivity index (χ4n) is 2.27. The quantitative estimate of drug-likeness (QED) is 0.761. The molecule has 25 heavy (non-hydrogen) atoms. The third-order valence-electron chi connectivity index (χ3n) is 3.80. The maximum Gasteiger partial charge on any atom is 0.338 e. The lowest BCUT2D eigenvalue weighted by Crippen LogP contribution is -2.30. The van der Waals surface area contributed by atoms with Crippen LogP contribution in [-0.4, -0.2) is 25.0 Å². The molecule has 2 aromatic rings. The smallest absolute Gasteiger partial charge is 0.338 e. The predicted octanol–water partition coefficient (Wildman–Crippen LogP) is 3.98. The molecule has 0 atom stereocenters. The van der Waals surface area contributed by atoms with Crippen molar-refractivity contribution in [1.29, 1.82) is 0 Å². The molecule has 0 unspecified atom stereocenters. The van der Waals surface area contributed by atoms with Crippen LogP contribution in [0.2, 0.25) is 5.02 Å². The Bertz CT molecular complexity index is 709. The molecular formula is C20H22ClNO3. The molecule has 1 amide bonds. The number of nitrogens with one attached hydrogen (secondary N) is 1. The first-order valence-electron chi connectivity index (χ1n) is 8.24. The van der Waals surface area contributed by atoms with E-state index < -0.39 is 5.97 Å². The fraction of sp³-hybridized carbons (Fsp3) is 0.300. The van der Waals surface area contributed by atoms with Crippen LogP contribution in [0.15, 0.2) is 48.5 Å². The summed E-state index contributed by atoms with van der Waals surface area (Å²) < 4.78 is 5.04. The van der Waals surface area contributed by atoms with Gasteiger partial charge in [-0.25, -0.2) is 4.79 Å². The predicted molar refractivity (Wildman–Crippen MR) is 99.0 cm³/mol. The number of carbonyl (C=O) groups excluding carboxylic acids is 2. The normalized spacial score (nSPS) is 10.6. The van der Waals surface area contributed by atoms with E-state index in [1.807, 2.05) is 36.4 Å². The Kier molecular flexibility index (Phi) is 7.02. The number of halogens is 1. The molecule has 0 fully saturated rings. The summed E-state index contributed by atoms with van der Waals surface area (Å²) in [6, 6.07) is 14.7. The first-order valence-corrected chi connectivity index (χ1v) is 8.61. The van der Waals surface area contributed by atoms with Crippen LogP contribution in [-0.2, 0) is 16.0 Å². The zero-order chi connectivity index (χ0) is 18.2. The first kappa shape index (κ1) is 19.0. The van der Waals surface area contributed by atoms with Crippen molar-refractivity contribution in [2.75, 3.05) is 13.2 Å². The van der Waals surface area contributed by atoms with Crippen LogP contribution in [0, 0.1) is 0 Å². The highest BCUT2D eigenvalue weighted by Crippen LogP contribution is 2.15. The number of esters is 1. The summed E-state index contributed by atoms with van der Waals surface area (Å²) >= 11 is 5.82. The van der Waals surface area contributed by atoms with E-state index in [0.29, 0.717) is 29.5 Å². The van der Waals surface area contributed by atoms with Crippen LogP contribution in [0.25, 0.3) is 0 Å². The van der Waals surface area contributed by atoms with Gasteiger partial charge in [-0.15, -0.1) is 0 Å². The number of hydrogen-bond acceptors (Lipinski definition) is 3. The molecule has 2 rings (SSSR count). The Morgan fingerprint density at radius 1 is 1.04 bits per heavy atom. The number of rotatable bonds is 7. The second kappa shape index (κ2) is 9.23. The largest absolute Gasteiger partial charge is 0.452 e.